The summed E-state index contributed by atoms with van der Waals surface area (Å²) in [5.41, 5.74) is 2.38. The second kappa shape index (κ2) is 6.48. The first-order valence-electron chi connectivity index (χ1n) is 6.29. The van der Waals surface area contributed by atoms with E-state index in [1.807, 2.05) is 31.1 Å². The average molecular weight is 287 g/mol. The number of hydrogen-bond acceptors (Lipinski definition) is 3. The summed E-state index contributed by atoms with van der Waals surface area (Å²) < 4.78 is 0. The quantitative estimate of drug-likeness (QED) is 0.850. The molecule has 0 aromatic heterocycles. The summed E-state index contributed by atoms with van der Waals surface area (Å²) in [6, 6.07) is 15.4. The summed E-state index contributed by atoms with van der Waals surface area (Å²) in [7, 11) is 4.01. The topological polar surface area (TPSA) is 40.5 Å². The van der Waals surface area contributed by atoms with E-state index < -0.39 is 5.97 Å². The van der Waals surface area contributed by atoms with Gasteiger partial charge >= 0.3 is 5.97 Å². The van der Waals surface area contributed by atoms with Gasteiger partial charge in [0, 0.05) is 30.4 Å². The molecule has 3 nitrogen and oxygen atoms in total. The predicted octanol–water partition coefficient (Wildman–Crippen LogP) is 3.74. The summed E-state index contributed by atoms with van der Waals surface area (Å²) in [6.07, 6.45) is 0. The van der Waals surface area contributed by atoms with Gasteiger partial charge < -0.3 is 10.0 Å². The van der Waals surface area contributed by atoms with Gasteiger partial charge in [0.2, 0.25) is 0 Å². The molecule has 2 rings (SSSR count). The molecule has 2 aromatic rings. The number of carbonyl (C=O) groups is 1. The Morgan fingerprint density at radius 2 is 1.75 bits per heavy atom. The van der Waals surface area contributed by atoms with E-state index in [0.717, 1.165) is 16.1 Å². The van der Waals surface area contributed by atoms with Crippen LogP contribution in [-0.4, -0.2) is 25.2 Å². The Labute approximate surface area is 123 Å². The van der Waals surface area contributed by atoms with Crippen molar-refractivity contribution in [3.05, 3.63) is 59.7 Å². The molecule has 1 N–H and O–H groups in total. The molecular weight excluding hydrogens is 270 g/mol. The van der Waals surface area contributed by atoms with Crippen molar-refractivity contribution in [3.63, 3.8) is 0 Å². The summed E-state index contributed by atoms with van der Waals surface area (Å²) in [4.78, 5) is 14.3. The number of hydrogen-bond donors (Lipinski definition) is 1. The van der Waals surface area contributed by atoms with Crippen molar-refractivity contribution in [2.45, 2.75) is 10.6 Å². The van der Waals surface area contributed by atoms with Crippen LogP contribution in [0.1, 0.15) is 15.9 Å². The second-order valence-electron chi connectivity index (χ2n) is 4.64. The van der Waals surface area contributed by atoms with Crippen molar-refractivity contribution in [2.24, 2.45) is 0 Å². The standard InChI is InChI=1S/C16H17NO2S/c1-17(2)13-7-9-14(10-8-13)20-11-12-5-3-4-6-15(12)16(18)19/h3-10H,11H2,1-2H3,(H,18,19). The van der Waals surface area contributed by atoms with Gasteiger partial charge in [-0.25, -0.2) is 4.79 Å². The molecule has 0 aliphatic rings. The molecule has 0 aliphatic heterocycles. The second-order valence-corrected chi connectivity index (χ2v) is 5.69. The number of benzene rings is 2. The molecular formula is C16H17NO2S. The third-order valence-electron chi connectivity index (χ3n) is 3.00. The highest BCUT2D eigenvalue weighted by atomic mass is 32.2. The van der Waals surface area contributed by atoms with Crippen LogP contribution in [0.25, 0.3) is 0 Å². The lowest BCUT2D eigenvalue weighted by Crippen LogP contribution is -2.07. The van der Waals surface area contributed by atoms with Crippen LogP contribution in [0, 0.1) is 0 Å². The molecule has 0 heterocycles. The van der Waals surface area contributed by atoms with Gasteiger partial charge in [-0.15, -0.1) is 11.8 Å². The fourth-order valence-corrected chi connectivity index (χ4v) is 2.76. The molecule has 0 fully saturated rings. The normalized spacial score (nSPS) is 10.3. The van der Waals surface area contributed by atoms with E-state index >= 15 is 0 Å². The molecule has 0 spiro atoms. The number of thioether (sulfide) groups is 1. The highest BCUT2D eigenvalue weighted by molar-refractivity contribution is 7.98. The molecule has 0 saturated heterocycles. The Morgan fingerprint density at radius 1 is 1.10 bits per heavy atom. The Morgan fingerprint density at radius 3 is 2.35 bits per heavy atom. The number of nitrogens with zero attached hydrogens (tertiary/aromatic N) is 1. The van der Waals surface area contributed by atoms with Crippen LogP contribution in [0.3, 0.4) is 0 Å². The van der Waals surface area contributed by atoms with E-state index in [9.17, 15) is 4.79 Å². The number of carboxylic acids is 1. The fraction of sp³-hybridized carbons (Fsp3) is 0.188. The van der Waals surface area contributed by atoms with Crippen molar-refractivity contribution in [2.75, 3.05) is 19.0 Å². The zero-order valence-corrected chi connectivity index (χ0v) is 12.4. The molecule has 20 heavy (non-hydrogen) atoms. The molecule has 0 unspecified atom stereocenters. The highest BCUT2D eigenvalue weighted by Gasteiger charge is 2.09. The van der Waals surface area contributed by atoms with Crippen LogP contribution in [0.4, 0.5) is 5.69 Å². The number of carboxylic acid groups (broad SMARTS) is 1. The molecule has 0 bridgehead atoms. The van der Waals surface area contributed by atoms with Gasteiger partial charge in [-0.1, -0.05) is 18.2 Å². The van der Waals surface area contributed by atoms with Gasteiger partial charge in [-0.2, -0.15) is 0 Å². The van der Waals surface area contributed by atoms with Crippen molar-refractivity contribution in [1.29, 1.82) is 0 Å². The SMILES string of the molecule is CN(C)c1ccc(SCc2ccccc2C(=O)O)cc1. The zero-order chi connectivity index (χ0) is 14.5. The monoisotopic (exact) mass is 287 g/mol. The van der Waals surface area contributed by atoms with Crippen LogP contribution in [0.5, 0.6) is 0 Å². The Bertz CT molecular complexity index is 594. The molecule has 0 atom stereocenters. The first kappa shape index (κ1) is 14.5. The van der Waals surface area contributed by atoms with Gasteiger partial charge in [0.15, 0.2) is 0 Å². The van der Waals surface area contributed by atoms with Crippen LogP contribution < -0.4 is 4.90 Å². The van der Waals surface area contributed by atoms with Crippen LogP contribution in [0.2, 0.25) is 0 Å². The molecule has 0 amide bonds. The third kappa shape index (κ3) is 3.54. The minimum atomic E-state index is -0.871. The van der Waals surface area contributed by atoms with E-state index in [2.05, 4.69) is 24.3 Å². The minimum Gasteiger partial charge on any atom is -0.478 e. The lowest BCUT2D eigenvalue weighted by molar-refractivity contribution is 0.0696. The highest BCUT2D eigenvalue weighted by Crippen LogP contribution is 2.26. The molecule has 0 aliphatic carbocycles. The maximum atomic E-state index is 11.1. The molecule has 0 saturated carbocycles. The summed E-state index contributed by atoms with van der Waals surface area (Å²) >= 11 is 1.64. The summed E-state index contributed by atoms with van der Waals surface area (Å²) in [5.74, 6) is -0.215. The lowest BCUT2D eigenvalue weighted by atomic mass is 10.1. The number of rotatable bonds is 5. The van der Waals surface area contributed by atoms with Crippen molar-refractivity contribution in [1.82, 2.24) is 0 Å². The maximum Gasteiger partial charge on any atom is 0.335 e. The van der Waals surface area contributed by atoms with E-state index in [1.165, 1.54) is 0 Å². The average Bonchev–Trinajstić information content (AvgIpc) is 2.45. The van der Waals surface area contributed by atoms with E-state index in [4.69, 9.17) is 5.11 Å². The summed E-state index contributed by atoms with van der Waals surface area (Å²) in [5, 5.41) is 9.15. The minimum absolute atomic E-state index is 0.380. The van der Waals surface area contributed by atoms with Gasteiger partial charge in [0.1, 0.15) is 0 Å². The van der Waals surface area contributed by atoms with Crippen LogP contribution in [0.15, 0.2) is 53.4 Å². The van der Waals surface area contributed by atoms with Crippen molar-refractivity contribution < 1.29 is 9.90 Å². The van der Waals surface area contributed by atoms with Gasteiger partial charge in [0.25, 0.3) is 0 Å². The molecule has 2 aromatic carbocycles. The van der Waals surface area contributed by atoms with Crippen LogP contribution >= 0.6 is 11.8 Å². The first-order chi connectivity index (χ1) is 9.58. The largest absolute Gasteiger partial charge is 0.478 e. The lowest BCUT2D eigenvalue weighted by Gasteiger charge is -2.12. The smallest absolute Gasteiger partial charge is 0.335 e. The predicted molar refractivity (Wildman–Crippen MR) is 83.7 cm³/mol. The summed E-state index contributed by atoms with van der Waals surface area (Å²) in [6.45, 7) is 0. The Kier molecular flexibility index (Phi) is 4.69. The van der Waals surface area contributed by atoms with E-state index in [0.29, 0.717) is 11.3 Å². The Balaban J connectivity index is 2.07. The molecule has 4 heteroatoms. The van der Waals surface area contributed by atoms with Crippen molar-refractivity contribution >= 4 is 23.4 Å². The third-order valence-corrected chi connectivity index (χ3v) is 4.06. The number of anilines is 1. The molecule has 0 radical (unpaired) electrons. The van der Waals surface area contributed by atoms with Gasteiger partial charge in [-0.05, 0) is 35.9 Å². The maximum absolute atomic E-state index is 11.1. The first-order valence-corrected chi connectivity index (χ1v) is 7.28. The van der Waals surface area contributed by atoms with Gasteiger partial charge in [0.05, 0.1) is 5.56 Å². The Hall–Kier alpha value is -1.94. The van der Waals surface area contributed by atoms with Gasteiger partial charge in [-0.3, -0.25) is 0 Å². The molecule has 104 valence electrons. The van der Waals surface area contributed by atoms with Crippen LogP contribution in [-0.2, 0) is 5.75 Å². The van der Waals surface area contributed by atoms with E-state index in [-0.39, 0.29) is 0 Å². The van der Waals surface area contributed by atoms with E-state index in [1.54, 1.807) is 23.9 Å². The zero-order valence-electron chi connectivity index (χ0n) is 11.5. The fourth-order valence-electron chi connectivity index (χ4n) is 1.86. The van der Waals surface area contributed by atoms with Crippen molar-refractivity contribution in [3.8, 4) is 0 Å². The number of aromatic carboxylic acids is 1.